The minimum absolute atomic E-state index is 0.00725. The van der Waals surface area contributed by atoms with E-state index in [1.807, 2.05) is 12.1 Å². The minimum atomic E-state index is -3.84. The summed E-state index contributed by atoms with van der Waals surface area (Å²) in [6.45, 7) is 9.77. The molecule has 0 unspecified atom stereocenters. The first-order valence-electron chi connectivity index (χ1n) is 9.45. The number of hydrogen-bond acceptors (Lipinski definition) is 5. The summed E-state index contributed by atoms with van der Waals surface area (Å²) >= 11 is 0. The van der Waals surface area contributed by atoms with Crippen LogP contribution in [0, 0.1) is 13.8 Å². The van der Waals surface area contributed by atoms with Crippen LogP contribution in [0.25, 0.3) is 0 Å². The third-order valence-corrected chi connectivity index (χ3v) is 6.17. The van der Waals surface area contributed by atoms with E-state index < -0.39 is 10.0 Å². The maximum atomic E-state index is 12.5. The lowest BCUT2D eigenvalue weighted by atomic mass is 9.87. The number of hydrogen-bond donors (Lipinski definition) is 2. The molecule has 8 heteroatoms. The molecule has 158 valence electrons. The molecule has 0 aliphatic heterocycles. The van der Waals surface area contributed by atoms with E-state index in [1.54, 1.807) is 26.0 Å². The van der Waals surface area contributed by atoms with E-state index in [-0.39, 0.29) is 22.1 Å². The molecule has 30 heavy (non-hydrogen) atoms. The Morgan fingerprint density at radius 3 is 2.07 bits per heavy atom. The van der Waals surface area contributed by atoms with Crippen molar-refractivity contribution in [1.82, 2.24) is 5.16 Å². The first-order valence-corrected chi connectivity index (χ1v) is 10.9. The highest BCUT2D eigenvalue weighted by Crippen LogP contribution is 2.24. The van der Waals surface area contributed by atoms with Crippen molar-refractivity contribution in [2.24, 2.45) is 0 Å². The monoisotopic (exact) mass is 427 g/mol. The zero-order valence-electron chi connectivity index (χ0n) is 17.6. The molecule has 1 heterocycles. The van der Waals surface area contributed by atoms with Gasteiger partial charge in [-0.2, -0.15) is 0 Å². The van der Waals surface area contributed by atoms with Gasteiger partial charge >= 0.3 is 0 Å². The van der Waals surface area contributed by atoms with Crippen molar-refractivity contribution in [2.75, 3.05) is 10.0 Å². The van der Waals surface area contributed by atoms with Crippen molar-refractivity contribution in [3.63, 3.8) is 0 Å². The molecule has 0 spiro atoms. The quantitative estimate of drug-likeness (QED) is 0.618. The SMILES string of the molecule is Cc1noc(NS(=O)(=O)c2ccc(NC(=O)c3ccc(C(C)(C)C)cc3)cc2)c1C. The number of nitrogens with one attached hydrogen (secondary N) is 2. The van der Waals surface area contributed by atoms with Crippen LogP contribution in [0.3, 0.4) is 0 Å². The molecule has 0 atom stereocenters. The summed E-state index contributed by atoms with van der Waals surface area (Å²) in [5.74, 6) is -0.180. The van der Waals surface area contributed by atoms with E-state index in [0.29, 0.717) is 22.5 Å². The van der Waals surface area contributed by atoms with Crippen LogP contribution in [0.4, 0.5) is 11.6 Å². The molecule has 0 aliphatic rings. The van der Waals surface area contributed by atoms with Crippen LogP contribution in [0.1, 0.15) is 48.0 Å². The molecular weight excluding hydrogens is 402 g/mol. The summed E-state index contributed by atoms with van der Waals surface area (Å²) in [7, 11) is -3.84. The first-order chi connectivity index (χ1) is 14.0. The van der Waals surface area contributed by atoms with Gasteiger partial charge in [0.25, 0.3) is 15.9 Å². The Morgan fingerprint density at radius 1 is 0.967 bits per heavy atom. The summed E-state index contributed by atoms with van der Waals surface area (Å²) in [5.41, 5.74) is 3.40. The van der Waals surface area contributed by atoms with Crippen molar-refractivity contribution in [3.8, 4) is 0 Å². The maximum absolute atomic E-state index is 12.5. The van der Waals surface area contributed by atoms with Crippen molar-refractivity contribution in [3.05, 3.63) is 70.9 Å². The van der Waals surface area contributed by atoms with Gasteiger partial charge in [-0.05, 0) is 61.2 Å². The molecule has 2 N–H and O–H groups in total. The number of aromatic nitrogens is 1. The highest BCUT2D eigenvalue weighted by atomic mass is 32.2. The molecule has 7 nitrogen and oxygen atoms in total. The lowest BCUT2D eigenvalue weighted by Crippen LogP contribution is -2.15. The number of carbonyl (C=O) groups excluding carboxylic acids is 1. The molecule has 0 radical (unpaired) electrons. The number of rotatable bonds is 5. The van der Waals surface area contributed by atoms with Crippen molar-refractivity contribution in [1.29, 1.82) is 0 Å². The molecule has 2 aromatic carbocycles. The van der Waals surface area contributed by atoms with Crippen molar-refractivity contribution >= 4 is 27.5 Å². The second kappa shape index (κ2) is 7.95. The lowest BCUT2D eigenvalue weighted by Gasteiger charge is -2.19. The van der Waals surface area contributed by atoms with Crippen LogP contribution in [0.15, 0.2) is 57.9 Å². The number of carbonyl (C=O) groups is 1. The number of aryl methyl sites for hydroxylation is 1. The lowest BCUT2D eigenvalue weighted by molar-refractivity contribution is 0.102. The third kappa shape index (κ3) is 4.71. The van der Waals surface area contributed by atoms with Gasteiger partial charge in [0.1, 0.15) is 0 Å². The highest BCUT2D eigenvalue weighted by molar-refractivity contribution is 7.92. The normalized spacial score (nSPS) is 11.9. The van der Waals surface area contributed by atoms with Gasteiger partial charge in [-0.15, -0.1) is 0 Å². The van der Waals surface area contributed by atoms with Crippen LogP contribution in [0.2, 0.25) is 0 Å². The molecule has 0 bridgehead atoms. The molecular formula is C22H25N3O4S. The largest absolute Gasteiger partial charge is 0.337 e. The van der Waals surface area contributed by atoms with Crippen LogP contribution < -0.4 is 10.0 Å². The second-order valence-electron chi connectivity index (χ2n) is 8.13. The summed E-state index contributed by atoms with van der Waals surface area (Å²) in [6.07, 6.45) is 0. The zero-order valence-corrected chi connectivity index (χ0v) is 18.4. The van der Waals surface area contributed by atoms with E-state index in [2.05, 4.69) is 36.0 Å². The van der Waals surface area contributed by atoms with Gasteiger partial charge in [0.15, 0.2) is 0 Å². The van der Waals surface area contributed by atoms with Gasteiger partial charge in [-0.25, -0.2) is 13.1 Å². The summed E-state index contributed by atoms with van der Waals surface area (Å²) in [6, 6.07) is 13.3. The number of nitrogens with zero attached hydrogens (tertiary/aromatic N) is 1. The number of sulfonamides is 1. The number of amides is 1. The number of benzene rings is 2. The summed E-state index contributed by atoms with van der Waals surface area (Å²) < 4.78 is 32.5. The van der Waals surface area contributed by atoms with E-state index in [0.717, 1.165) is 5.56 Å². The maximum Gasteiger partial charge on any atom is 0.264 e. The Balaban J connectivity index is 1.71. The van der Waals surface area contributed by atoms with Crippen molar-refractivity contribution in [2.45, 2.75) is 44.9 Å². The fourth-order valence-corrected chi connectivity index (χ4v) is 3.78. The average Bonchev–Trinajstić information content (AvgIpc) is 2.99. The molecule has 0 saturated heterocycles. The smallest absolute Gasteiger partial charge is 0.264 e. The van der Waals surface area contributed by atoms with Gasteiger partial charge in [-0.3, -0.25) is 4.79 Å². The fourth-order valence-electron chi connectivity index (χ4n) is 2.73. The Labute approximate surface area is 176 Å². The fraction of sp³-hybridized carbons (Fsp3) is 0.273. The second-order valence-corrected chi connectivity index (χ2v) is 9.82. The molecule has 3 aromatic rings. The predicted octanol–water partition coefficient (Wildman–Crippen LogP) is 4.64. The van der Waals surface area contributed by atoms with Gasteiger partial charge in [-0.1, -0.05) is 38.1 Å². The van der Waals surface area contributed by atoms with Gasteiger partial charge in [0, 0.05) is 16.8 Å². The van der Waals surface area contributed by atoms with Crippen LogP contribution >= 0.6 is 0 Å². The highest BCUT2D eigenvalue weighted by Gasteiger charge is 2.19. The van der Waals surface area contributed by atoms with Crippen LogP contribution in [-0.2, 0) is 15.4 Å². The Morgan fingerprint density at radius 2 is 1.57 bits per heavy atom. The number of anilines is 2. The van der Waals surface area contributed by atoms with E-state index >= 15 is 0 Å². The average molecular weight is 428 g/mol. The molecule has 1 amide bonds. The van der Waals surface area contributed by atoms with Gasteiger partial charge in [0.2, 0.25) is 5.88 Å². The van der Waals surface area contributed by atoms with E-state index in [4.69, 9.17) is 4.52 Å². The molecule has 0 saturated carbocycles. The van der Waals surface area contributed by atoms with Gasteiger partial charge in [0.05, 0.1) is 10.6 Å². The Kier molecular flexibility index (Phi) is 5.72. The van der Waals surface area contributed by atoms with Crippen LogP contribution in [-0.4, -0.2) is 19.5 Å². The predicted molar refractivity (Wildman–Crippen MR) is 116 cm³/mol. The summed E-state index contributed by atoms with van der Waals surface area (Å²) in [4.78, 5) is 12.5. The molecule has 0 fully saturated rings. The molecule has 1 aromatic heterocycles. The van der Waals surface area contributed by atoms with E-state index in [1.165, 1.54) is 24.3 Å². The first kappa shape index (κ1) is 21.6. The Hall–Kier alpha value is -3.13. The minimum Gasteiger partial charge on any atom is -0.337 e. The van der Waals surface area contributed by atoms with Crippen molar-refractivity contribution < 1.29 is 17.7 Å². The van der Waals surface area contributed by atoms with Crippen LogP contribution in [0.5, 0.6) is 0 Å². The van der Waals surface area contributed by atoms with Gasteiger partial charge < -0.3 is 9.84 Å². The molecule has 3 rings (SSSR count). The Bertz CT molecular complexity index is 1160. The molecule has 0 aliphatic carbocycles. The summed E-state index contributed by atoms with van der Waals surface area (Å²) in [5, 5.41) is 6.51. The third-order valence-electron chi connectivity index (χ3n) is 4.82. The van der Waals surface area contributed by atoms with E-state index in [9.17, 15) is 13.2 Å². The standard InChI is InChI=1S/C22H25N3O4S/c1-14-15(2)24-29-21(14)25-30(27,28)19-12-10-18(11-13-19)23-20(26)16-6-8-17(9-7-16)22(3,4)5/h6-13,25H,1-5H3,(H,23,26). The zero-order chi connectivity index (χ0) is 22.1. The topological polar surface area (TPSA) is 101 Å².